The van der Waals surface area contributed by atoms with Crippen LogP contribution in [0.4, 0.5) is 0 Å². The molecule has 0 aliphatic heterocycles. The van der Waals surface area contributed by atoms with Crippen molar-refractivity contribution in [2.24, 2.45) is 5.10 Å². The predicted octanol–water partition coefficient (Wildman–Crippen LogP) is 5.54. The van der Waals surface area contributed by atoms with Gasteiger partial charge >= 0.3 is 0 Å². The molecule has 6 nitrogen and oxygen atoms in total. The third-order valence-electron chi connectivity index (χ3n) is 4.17. The lowest BCUT2D eigenvalue weighted by molar-refractivity contribution is 0.308. The second-order valence-electron chi connectivity index (χ2n) is 5.96. The van der Waals surface area contributed by atoms with E-state index in [2.05, 4.69) is 57.9 Å². The minimum absolute atomic E-state index is 0.225. The van der Waals surface area contributed by atoms with Crippen LogP contribution in [0.2, 0.25) is 0 Å². The zero-order chi connectivity index (χ0) is 21.1. The average Bonchev–Trinajstić information content (AvgIpc) is 2.72. The highest BCUT2D eigenvalue weighted by molar-refractivity contribution is 9.13. The van der Waals surface area contributed by atoms with Gasteiger partial charge in [-0.05, 0) is 63.0 Å². The summed E-state index contributed by atoms with van der Waals surface area (Å²) < 4.78 is 14.7. The number of hydrogen-bond donors (Lipinski definition) is 0. The van der Waals surface area contributed by atoms with Gasteiger partial charge in [0, 0.05) is 20.9 Å². The van der Waals surface area contributed by atoms with Gasteiger partial charge in [-0.25, -0.2) is 4.98 Å². The van der Waals surface area contributed by atoms with Gasteiger partial charge in [0.15, 0.2) is 11.5 Å². The molecule has 3 rings (SSSR count). The van der Waals surface area contributed by atoms with E-state index in [-0.39, 0.29) is 5.56 Å². The molecule has 3 aromatic rings. The smallest absolute Gasteiger partial charge is 0.282 e. The molecule has 1 heterocycles. The van der Waals surface area contributed by atoms with Gasteiger partial charge in [-0.3, -0.25) is 4.79 Å². The number of ether oxygens (including phenoxy) is 2. The first-order chi connectivity index (χ1) is 13.9. The lowest BCUT2D eigenvalue weighted by Gasteiger charge is -2.14. The second kappa shape index (κ2) is 9.40. The van der Waals surface area contributed by atoms with Crippen LogP contribution >= 0.6 is 47.8 Å². The maximum Gasteiger partial charge on any atom is 0.282 e. The van der Waals surface area contributed by atoms with Gasteiger partial charge in [0.2, 0.25) is 0 Å². The Labute approximate surface area is 193 Å². The summed E-state index contributed by atoms with van der Waals surface area (Å²) in [7, 11) is 1.57. The number of halogens is 3. The molecule has 0 aliphatic carbocycles. The Hall–Kier alpha value is -1.71. The Bertz CT molecular complexity index is 1160. The maximum atomic E-state index is 13.0. The first kappa shape index (κ1) is 22.0. The van der Waals surface area contributed by atoms with Crippen molar-refractivity contribution in [2.75, 3.05) is 13.7 Å². The number of aryl methyl sites for hydroxylation is 1. The normalized spacial score (nSPS) is 11.4. The third kappa shape index (κ3) is 4.41. The van der Waals surface area contributed by atoms with Gasteiger partial charge in [0.1, 0.15) is 5.82 Å². The Morgan fingerprint density at radius 1 is 1.17 bits per heavy atom. The molecule has 2 aromatic carbocycles. The molecule has 0 spiro atoms. The molecule has 0 N–H and O–H groups in total. The fourth-order valence-electron chi connectivity index (χ4n) is 2.79. The molecular formula is C20H18Br3N3O3. The van der Waals surface area contributed by atoms with Crippen LogP contribution in [0.5, 0.6) is 11.5 Å². The number of benzene rings is 2. The first-order valence-corrected chi connectivity index (χ1v) is 11.2. The highest BCUT2D eigenvalue weighted by Crippen LogP contribution is 2.42. The van der Waals surface area contributed by atoms with Crippen LogP contribution in [0.1, 0.15) is 25.2 Å². The van der Waals surface area contributed by atoms with Crippen molar-refractivity contribution in [1.29, 1.82) is 0 Å². The van der Waals surface area contributed by atoms with Crippen molar-refractivity contribution in [1.82, 2.24) is 9.66 Å². The summed E-state index contributed by atoms with van der Waals surface area (Å²) >= 11 is 10.5. The minimum atomic E-state index is -0.225. The quantitative estimate of drug-likeness (QED) is 0.356. The van der Waals surface area contributed by atoms with Crippen LogP contribution in [0.15, 0.2) is 47.6 Å². The Morgan fingerprint density at radius 3 is 2.59 bits per heavy atom. The second-order valence-corrected chi connectivity index (χ2v) is 8.46. The van der Waals surface area contributed by atoms with Crippen molar-refractivity contribution in [3.8, 4) is 11.5 Å². The summed E-state index contributed by atoms with van der Waals surface area (Å²) in [5, 5.41) is 4.93. The van der Waals surface area contributed by atoms with Crippen molar-refractivity contribution in [3.05, 3.63) is 59.4 Å². The molecular weight excluding hydrogens is 570 g/mol. The number of fused-ring (bicyclic) bond motifs is 1. The summed E-state index contributed by atoms with van der Waals surface area (Å²) in [4.78, 5) is 17.6. The van der Waals surface area contributed by atoms with Crippen molar-refractivity contribution in [3.63, 3.8) is 0 Å². The molecule has 9 heteroatoms. The maximum absolute atomic E-state index is 13.0. The largest absolute Gasteiger partial charge is 0.493 e. The Kier molecular flexibility index (Phi) is 7.13. The number of aromatic nitrogens is 2. The molecule has 152 valence electrons. The van der Waals surface area contributed by atoms with Crippen molar-refractivity contribution in [2.45, 2.75) is 20.3 Å². The molecule has 29 heavy (non-hydrogen) atoms. The van der Waals surface area contributed by atoms with E-state index < -0.39 is 0 Å². The minimum Gasteiger partial charge on any atom is -0.493 e. The first-order valence-electron chi connectivity index (χ1n) is 8.85. The van der Waals surface area contributed by atoms with Gasteiger partial charge in [0.25, 0.3) is 5.56 Å². The molecule has 0 amide bonds. The highest BCUT2D eigenvalue weighted by atomic mass is 79.9. The number of methoxy groups -OCH3 is 1. The van der Waals surface area contributed by atoms with E-state index in [1.807, 2.05) is 26.0 Å². The van der Waals surface area contributed by atoms with Crippen LogP contribution in [0.3, 0.4) is 0 Å². The lowest BCUT2D eigenvalue weighted by Crippen LogP contribution is -2.22. The van der Waals surface area contributed by atoms with Crippen molar-refractivity contribution >= 4 is 64.9 Å². The van der Waals surface area contributed by atoms with E-state index in [1.54, 1.807) is 25.5 Å². The predicted molar refractivity (Wildman–Crippen MR) is 126 cm³/mol. The van der Waals surface area contributed by atoms with E-state index >= 15 is 0 Å². The Balaban J connectivity index is 2.15. The standard InChI is InChI=1S/C20H18Br3N3O3/c1-4-16-25-14-7-6-12(21)9-13(14)20(27)26(16)24-10-11-8-15(28-3)19(29-5-2)18(23)17(11)22/h6-10H,4-5H2,1-3H3. The monoisotopic (exact) mass is 585 g/mol. The molecule has 0 unspecified atom stereocenters. The fourth-order valence-corrected chi connectivity index (χ4v) is 4.09. The summed E-state index contributed by atoms with van der Waals surface area (Å²) in [6.07, 6.45) is 2.16. The molecule has 0 atom stereocenters. The third-order valence-corrected chi connectivity index (χ3v) is 6.80. The summed E-state index contributed by atoms with van der Waals surface area (Å²) in [6, 6.07) is 7.23. The zero-order valence-electron chi connectivity index (χ0n) is 16.0. The molecule has 0 fully saturated rings. The summed E-state index contributed by atoms with van der Waals surface area (Å²) in [6.45, 7) is 4.34. The average molecular weight is 588 g/mol. The molecule has 0 saturated heterocycles. The van der Waals surface area contributed by atoms with Crippen LogP contribution in [0, 0.1) is 0 Å². The number of rotatable bonds is 6. The lowest BCUT2D eigenvalue weighted by atomic mass is 10.2. The highest BCUT2D eigenvalue weighted by Gasteiger charge is 2.16. The number of hydrogen-bond acceptors (Lipinski definition) is 5. The van der Waals surface area contributed by atoms with E-state index in [0.717, 1.165) is 14.5 Å². The van der Waals surface area contributed by atoms with Gasteiger partial charge in [0.05, 0.1) is 35.3 Å². The van der Waals surface area contributed by atoms with Crippen molar-refractivity contribution < 1.29 is 9.47 Å². The molecule has 0 bridgehead atoms. The molecule has 1 aromatic heterocycles. The zero-order valence-corrected chi connectivity index (χ0v) is 20.8. The van der Waals surface area contributed by atoms with Gasteiger partial charge in [-0.1, -0.05) is 22.9 Å². The van der Waals surface area contributed by atoms with Gasteiger partial charge in [-0.2, -0.15) is 9.78 Å². The van der Waals surface area contributed by atoms with Crippen LogP contribution in [-0.4, -0.2) is 29.6 Å². The fraction of sp³-hybridized carbons (Fsp3) is 0.250. The van der Waals surface area contributed by atoms with E-state index in [4.69, 9.17) is 9.47 Å². The Morgan fingerprint density at radius 2 is 1.93 bits per heavy atom. The SMILES string of the molecule is CCOc1c(OC)cc(C=Nn2c(CC)nc3ccc(Br)cc3c2=O)c(Br)c1Br. The number of nitrogens with zero attached hydrogens (tertiary/aromatic N) is 3. The van der Waals surface area contributed by atoms with E-state index in [1.165, 1.54) is 4.68 Å². The molecule has 0 saturated carbocycles. The molecule has 0 radical (unpaired) electrons. The van der Waals surface area contributed by atoms with Gasteiger partial charge < -0.3 is 9.47 Å². The molecule has 0 aliphatic rings. The topological polar surface area (TPSA) is 65.7 Å². The van der Waals surface area contributed by atoms with Crippen LogP contribution < -0.4 is 15.0 Å². The summed E-state index contributed by atoms with van der Waals surface area (Å²) in [5.74, 6) is 1.74. The van der Waals surface area contributed by atoms with E-state index in [0.29, 0.717) is 45.7 Å². The van der Waals surface area contributed by atoms with Gasteiger partial charge in [-0.15, -0.1) is 0 Å². The van der Waals surface area contributed by atoms with E-state index in [9.17, 15) is 4.79 Å². The van der Waals surface area contributed by atoms with Crippen LogP contribution in [-0.2, 0) is 6.42 Å². The van der Waals surface area contributed by atoms with Crippen LogP contribution in [0.25, 0.3) is 10.9 Å². The summed E-state index contributed by atoms with van der Waals surface area (Å²) in [5.41, 5.74) is 1.14.